The Morgan fingerprint density at radius 1 is 1.21 bits per heavy atom. The van der Waals surface area contributed by atoms with Crippen molar-refractivity contribution < 1.29 is 9.90 Å². The van der Waals surface area contributed by atoms with Crippen molar-refractivity contribution in [3.8, 4) is 5.00 Å². The fourth-order valence-electron chi connectivity index (χ4n) is 3.83. The number of hydrogen-bond donors (Lipinski definition) is 1. The molecule has 2 heterocycles. The Hall–Kier alpha value is -1.64. The van der Waals surface area contributed by atoms with Crippen LogP contribution < -0.4 is 0 Å². The third-order valence-electron chi connectivity index (χ3n) is 5.28. The second-order valence-electron chi connectivity index (χ2n) is 7.19. The van der Waals surface area contributed by atoms with Crippen molar-refractivity contribution >= 4 is 45.0 Å². The summed E-state index contributed by atoms with van der Waals surface area (Å²) in [5, 5.41) is 19.4. The van der Waals surface area contributed by atoms with Crippen LogP contribution in [0.5, 0.6) is 0 Å². The van der Waals surface area contributed by atoms with E-state index in [0.29, 0.717) is 15.8 Å². The molecule has 1 unspecified atom stereocenters. The number of aliphatic carboxylic acids is 1. The first-order valence-electron chi connectivity index (χ1n) is 9.33. The molecule has 0 amide bonds. The molecule has 3 aromatic rings. The number of thioether (sulfide) groups is 1. The van der Waals surface area contributed by atoms with E-state index in [0.717, 1.165) is 23.4 Å². The Bertz CT molecular complexity index is 1040. The monoisotopic (exact) mass is 475 g/mol. The van der Waals surface area contributed by atoms with Crippen LogP contribution in [0.4, 0.5) is 0 Å². The van der Waals surface area contributed by atoms with Gasteiger partial charge in [-0.15, -0.1) is 21.5 Å². The van der Waals surface area contributed by atoms with Crippen LogP contribution in [0.25, 0.3) is 5.00 Å². The summed E-state index contributed by atoms with van der Waals surface area (Å²) in [5.74, 6) is -0.162. The van der Waals surface area contributed by atoms with Gasteiger partial charge in [-0.2, -0.15) is 0 Å². The van der Waals surface area contributed by atoms with Crippen molar-refractivity contribution in [3.63, 3.8) is 0 Å². The highest BCUT2D eigenvalue weighted by Gasteiger charge is 2.34. The number of aromatic nitrogens is 3. The van der Waals surface area contributed by atoms with Gasteiger partial charge in [0.15, 0.2) is 5.16 Å². The van der Waals surface area contributed by atoms with Crippen molar-refractivity contribution in [2.45, 2.75) is 48.4 Å². The van der Waals surface area contributed by atoms with Crippen molar-refractivity contribution in [3.05, 3.63) is 56.6 Å². The maximum absolute atomic E-state index is 12.0. The van der Waals surface area contributed by atoms with Gasteiger partial charge in [0.05, 0.1) is 0 Å². The summed E-state index contributed by atoms with van der Waals surface area (Å²) < 4.78 is 2.63. The van der Waals surface area contributed by atoms with E-state index >= 15 is 0 Å². The van der Waals surface area contributed by atoms with Crippen molar-refractivity contribution in [1.29, 1.82) is 0 Å². The van der Waals surface area contributed by atoms with Gasteiger partial charge >= 0.3 is 5.97 Å². The van der Waals surface area contributed by atoms with Crippen LogP contribution in [-0.4, -0.2) is 25.8 Å². The highest BCUT2D eigenvalue weighted by molar-refractivity contribution is 9.10. The van der Waals surface area contributed by atoms with Gasteiger partial charge in [-0.3, -0.25) is 9.36 Å². The van der Waals surface area contributed by atoms with Gasteiger partial charge in [-0.25, -0.2) is 0 Å². The standard InChI is InChI=1S/C20H18BrN3O2S2/c21-19-22-23-20(28-16(18(25)26)11-5-2-1-3-6-11)24(19)17-14-8-4-7-13(14)15(27-17)12-9-10-12/h1-3,5-6,12,16H,4,7-10H2,(H,25,26). The molecule has 0 aliphatic heterocycles. The molecule has 5 rings (SSSR count). The molecule has 144 valence electrons. The largest absolute Gasteiger partial charge is 0.480 e. The van der Waals surface area contributed by atoms with Gasteiger partial charge < -0.3 is 5.11 Å². The first-order valence-corrected chi connectivity index (χ1v) is 11.8. The molecule has 8 heteroatoms. The maximum atomic E-state index is 12.0. The lowest BCUT2D eigenvalue weighted by atomic mass is 10.1. The molecule has 0 spiro atoms. The topological polar surface area (TPSA) is 68.0 Å². The molecular formula is C20H18BrN3O2S2. The quantitative estimate of drug-likeness (QED) is 0.484. The summed E-state index contributed by atoms with van der Waals surface area (Å²) >= 11 is 6.62. The SMILES string of the molecule is O=C(O)C(Sc1nnc(Br)n1-c1sc(C2CC2)c2c1CCC2)c1ccccc1. The van der Waals surface area contributed by atoms with Gasteiger partial charge in [0.25, 0.3) is 0 Å². The zero-order valence-corrected chi connectivity index (χ0v) is 18.2. The highest BCUT2D eigenvalue weighted by atomic mass is 79.9. The van der Waals surface area contributed by atoms with E-state index in [9.17, 15) is 9.90 Å². The zero-order valence-electron chi connectivity index (χ0n) is 15.0. The normalized spacial score (nSPS) is 16.9. The van der Waals surface area contributed by atoms with Crippen LogP contribution in [0.15, 0.2) is 40.2 Å². The summed E-state index contributed by atoms with van der Waals surface area (Å²) in [4.78, 5) is 13.5. The van der Waals surface area contributed by atoms with Gasteiger partial charge in [-0.1, -0.05) is 42.1 Å². The fraction of sp³-hybridized carbons (Fsp3) is 0.350. The van der Waals surface area contributed by atoms with Gasteiger partial charge in [0.1, 0.15) is 10.3 Å². The van der Waals surface area contributed by atoms with Gasteiger partial charge in [-0.05, 0) is 70.6 Å². The van der Waals surface area contributed by atoms with Crippen LogP contribution >= 0.6 is 39.0 Å². The number of carboxylic acids is 1. The molecule has 0 saturated heterocycles. The van der Waals surface area contributed by atoms with E-state index in [1.807, 2.05) is 46.2 Å². The first-order chi connectivity index (χ1) is 13.6. The summed E-state index contributed by atoms with van der Waals surface area (Å²) in [6.45, 7) is 0. The van der Waals surface area contributed by atoms with E-state index in [-0.39, 0.29) is 0 Å². The summed E-state index contributed by atoms with van der Waals surface area (Å²) in [7, 11) is 0. The predicted molar refractivity (Wildman–Crippen MR) is 114 cm³/mol. The average molecular weight is 476 g/mol. The number of carbonyl (C=O) groups is 1. The number of hydrogen-bond acceptors (Lipinski definition) is 5. The first kappa shape index (κ1) is 18.4. The Morgan fingerprint density at radius 3 is 2.68 bits per heavy atom. The molecule has 28 heavy (non-hydrogen) atoms. The minimum atomic E-state index is -0.878. The minimum absolute atomic E-state index is 0.612. The van der Waals surface area contributed by atoms with Crippen molar-refractivity contribution in [1.82, 2.24) is 14.8 Å². The van der Waals surface area contributed by atoms with E-state index in [1.54, 1.807) is 0 Å². The van der Waals surface area contributed by atoms with Crippen molar-refractivity contribution in [2.24, 2.45) is 0 Å². The summed E-state index contributed by atoms with van der Waals surface area (Å²) in [6.07, 6.45) is 5.99. The number of carboxylic acid groups (broad SMARTS) is 1. The molecule has 2 aliphatic carbocycles. The van der Waals surface area contributed by atoms with E-state index in [1.165, 1.54) is 47.0 Å². The highest BCUT2D eigenvalue weighted by Crippen LogP contribution is 2.51. The number of benzene rings is 1. The third kappa shape index (κ3) is 3.21. The molecule has 1 N–H and O–H groups in total. The van der Waals surface area contributed by atoms with Crippen molar-refractivity contribution in [2.75, 3.05) is 0 Å². The summed E-state index contributed by atoms with van der Waals surface area (Å²) in [6, 6.07) is 9.30. The van der Waals surface area contributed by atoms with Crippen LogP contribution in [0, 0.1) is 0 Å². The second-order valence-corrected chi connectivity index (χ2v) is 10.0. The third-order valence-corrected chi connectivity index (χ3v) is 8.39. The number of thiophene rings is 1. The van der Waals surface area contributed by atoms with Gasteiger partial charge in [0.2, 0.25) is 4.73 Å². The number of halogens is 1. The Morgan fingerprint density at radius 2 is 1.96 bits per heavy atom. The number of nitrogens with zero attached hydrogens (tertiary/aromatic N) is 3. The van der Waals surface area contributed by atoms with E-state index in [2.05, 4.69) is 26.1 Å². The van der Waals surface area contributed by atoms with E-state index < -0.39 is 11.2 Å². The lowest BCUT2D eigenvalue weighted by Gasteiger charge is -2.13. The van der Waals surface area contributed by atoms with E-state index in [4.69, 9.17) is 0 Å². The Kier molecular flexibility index (Phi) is 4.80. The fourth-order valence-corrected chi connectivity index (χ4v) is 7.09. The molecule has 0 radical (unpaired) electrons. The maximum Gasteiger partial charge on any atom is 0.321 e. The van der Waals surface area contributed by atoms with Crippen LogP contribution in [0.3, 0.4) is 0 Å². The molecule has 1 saturated carbocycles. The molecule has 1 fully saturated rings. The molecule has 2 aliphatic rings. The zero-order chi connectivity index (χ0) is 19.3. The molecule has 1 aromatic carbocycles. The van der Waals surface area contributed by atoms with Gasteiger partial charge in [0, 0.05) is 4.88 Å². The van der Waals surface area contributed by atoms with Crippen LogP contribution in [-0.2, 0) is 17.6 Å². The molecule has 0 bridgehead atoms. The van der Waals surface area contributed by atoms with Crippen LogP contribution in [0.2, 0.25) is 0 Å². The minimum Gasteiger partial charge on any atom is -0.480 e. The molecule has 5 nitrogen and oxygen atoms in total. The smallest absolute Gasteiger partial charge is 0.321 e. The Balaban J connectivity index is 1.56. The van der Waals surface area contributed by atoms with Crippen LogP contribution in [0.1, 0.15) is 52.0 Å². The lowest BCUT2D eigenvalue weighted by molar-refractivity contribution is -0.136. The predicted octanol–water partition coefficient (Wildman–Crippen LogP) is 5.38. The number of fused-ring (bicyclic) bond motifs is 1. The average Bonchev–Trinajstić information content (AvgIpc) is 3.15. The lowest BCUT2D eigenvalue weighted by Crippen LogP contribution is -2.09. The second kappa shape index (κ2) is 7.31. The molecule has 1 atom stereocenters. The summed E-state index contributed by atoms with van der Waals surface area (Å²) in [5.41, 5.74) is 3.68. The number of rotatable bonds is 6. The molecular weight excluding hydrogens is 458 g/mol. The Labute approximate surface area is 179 Å². The molecule has 2 aromatic heterocycles.